The van der Waals surface area contributed by atoms with Gasteiger partial charge in [-0.2, -0.15) is 0 Å². The van der Waals surface area contributed by atoms with Crippen molar-refractivity contribution < 1.29 is 14.7 Å². The molecule has 1 aromatic carbocycles. The predicted octanol–water partition coefficient (Wildman–Crippen LogP) is 3.14. The molecule has 0 aliphatic carbocycles. The zero-order valence-corrected chi connectivity index (χ0v) is 14.7. The Morgan fingerprint density at radius 3 is 2.82 bits per heavy atom. The first-order valence-electron chi connectivity index (χ1n) is 6.96. The van der Waals surface area contributed by atoms with E-state index in [1.54, 1.807) is 31.2 Å². The molecule has 22 heavy (non-hydrogen) atoms. The zero-order chi connectivity index (χ0) is 16.3. The van der Waals surface area contributed by atoms with Gasteiger partial charge in [-0.25, -0.2) is 0 Å². The maximum Gasteiger partial charge on any atom is 0.292 e. The molecule has 0 aromatic heterocycles. The highest BCUT2D eigenvalue weighted by Gasteiger charge is 2.52. The summed E-state index contributed by atoms with van der Waals surface area (Å²) in [5, 5.41) is 10.6. The lowest BCUT2D eigenvalue weighted by Gasteiger charge is -2.24. The van der Waals surface area contributed by atoms with Crippen LogP contribution in [0.15, 0.2) is 36.9 Å². The van der Waals surface area contributed by atoms with Crippen molar-refractivity contribution in [1.29, 1.82) is 0 Å². The molecule has 1 aromatic rings. The van der Waals surface area contributed by atoms with E-state index in [0.29, 0.717) is 12.3 Å². The van der Waals surface area contributed by atoms with E-state index < -0.39 is 0 Å². The Kier molecular flexibility index (Phi) is 5.13. The summed E-state index contributed by atoms with van der Waals surface area (Å²) < 4.78 is 7.07. The summed E-state index contributed by atoms with van der Waals surface area (Å²) in [6.45, 7) is 8.50. The van der Waals surface area contributed by atoms with Crippen molar-refractivity contribution in [2.45, 2.75) is 24.8 Å². The number of thioether (sulfide) groups is 1. The second kappa shape index (κ2) is 6.71. The minimum absolute atomic E-state index is 0.243. The van der Waals surface area contributed by atoms with Crippen LogP contribution >= 0.6 is 24.0 Å². The number of methoxy groups -OCH3 is 1. The topological polar surface area (TPSA) is 35.7 Å². The van der Waals surface area contributed by atoms with Gasteiger partial charge < -0.3 is 4.74 Å². The molecule has 1 N–H and O–H groups in total. The Bertz CT molecular complexity index is 614. The van der Waals surface area contributed by atoms with Crippen molar-refractivity contribution in [3.05, 3.63) is 42.5 Å². The highest BCUT2D eigenvalue weighted by atomic mass is 32.2. The normalized spacial score (nSPS) is 21.0. The van der Waals surface area contributed by atoms with Gasteiger partial charge in [-0.05, 0) is 30.7 Å². The van der Waals surface area contributed by atoms with Gasteiger partial charge in [-0.1, -0.05) is 42.2 Å². The Balaban J connectivity index is 2.40. The Labute approximate surface area is 141 Å². The molecule has 1 heterocycles. The fourth-order valence-electron chi connectivity index (χ4n) is 2.57. The summed E-state index contributed by atoms with van der Waals surface area (Å²) in [7, 11) is 1.61. The lowest BCUT2D eigenvalue weighted by molar-refractivity contribution is -0.808. The number of ether oxygens (including phenoxy) is 1. The second-order valence-corrected chi connectivity index (χ2v) is 7.83. The van der Waals surface area contributed by atoms with Crippen LogP contribution in [0.2, 0.25) is 0 Å². The van der Waals surface area contributed by atoms with Crippen LogP contribution < -0.4 is 4.74 Å². The van der Waals surface area contributed by atoms with Crippen LogP contribution in [0.25, 0.3) is 0 Å². The minimum atomic E-state index is -0.270. The van der Waals surface area contributed by atoms with Crippen LogP contribution in [0.5, 0.6) is 5.75 Å². The summed E-state index contributed by atoms with van der Waals surface area (Å²) in [5.74, 6) is 0.711. The van der Waals surface area contributed by atoms with Gasteiger partial charge in [0.25, 0.3) is 6.17 Å². The molecule has 1 saturated heterocycles. The van der Waals surface area contributed by atoms with E-state index in [9.17, 15) is 5.21 Å². The van der Waals surface area contributed by atoms with E-state index >= 15 is 0 Å². The van der Waals surface area contributed by atoms with E-state index in [-0.39, 0.29) is 10.9 Å². The SMILES string of the molecule is C=CCN1C(=S)SC(C)(C)C1[N+](O)=Cc1ccccc1OC. The van der Waals surface area contributed by atoms with Crippen LogP contribution in [0.4, 0.5) is 0 Å². The van der Waals surface area contributed by atoms with E-state index in [1.807, 2.05) is 29.2 Å². The van der Waals surface area contributed by atoms with E-state index in [2.05, 4.69) is 20.4 Å². The molecule has 6 heteroatoms. The molecule has 0 spiro atoms. The largest absolute Gasteiger partial charge is 0.496 e. The van der Waals surface area contributed by atoms with Crippen molar-refractivity contribution in [3.8, 4) is 5.75 Å². The van der Waals surface area contributed by atoms with Gasteiger partial charge in [-0.3, -0.25) is 10.1 Å². The minimum Gasteiger partial charge on any atom is -0.496 e. The molecule has 1 aliphatic heterocycles. The number of para-hydroxylation sites is 1. The van der Waals surface area contributed by atoms with Gasteiger partial charge in [0.2, 0.25) is 6.21 Å². The first-order valence-corrected chi connectivity index (χ1v) is 8.19. The maximum absolute atomic E-state index is 10.6. The molecule has 1 unspecified atom stereocenters. The molecule has 1 aliphatic rings. The van der Waals surface area contributed by atoms with Crippen LogP contribution in [0.1, 0.15) is 19.4 Å². The number of rotatable bonds is 5. The third kappa shape index (κ3) is 3.28. The Morgan fingerprint density at radius 1 is 1.50 bits per heavy atom. The summed E-state index contributed by atoms with van der Waals surface area (Å²) in [6, 6.07) is 7.56. The quantitative estimate of drug-likeness (QED) is 0.223. The molecule has 2 rings (SSSR count). The molecule has 1 atom stereocenters. The first kappa shape index (κ1) is 16.8. The van der Waals surface area contributed by atoms with E-state index in [0.717, 1.165) is 9.88 Å². The van der Waals surface area contributed by atoms with Crippen molar-refractivity contribution in [1.82, 2.24) is 4.90 Å². The van der Waals surface area contributed by atoms with Crippen molar-refractivity contribution in [2.75, 3.05) is 13.7 Å². The smallest absolute Gasteiger partial charge is 0.292 e. The number of hydrogen-bond donors (Lipinski definition) is 1. The molecular formula is C16H21N2O2S2+. The van der Waals surface area contributed by atoms with Crippen LogP contribution in [0.3, 0.4) is 0 Å². The summed E-state index contributed by atoms with van der Waals surface area (Å²) in [5.41, 5.74) is 0.810. The molecule has 1 fully saturated rings. The van der Waals surface area contributed by atoms with Gasteiger partial charge >= 0.3 is 0 Å². The fraction of sp³-hybridized carbons (Fsp3) is 0.375. The Hall–Kier alpha value is -1.53. The van der Waals surface area contributed by atoms with Gasteiger partial charge in [0, 0.05) is 6.54 Å². The number of nitrogens with zero attached hydrogens (tertiary/aromatic N) is 2. The van der Waals surface area contributed by atoms with Gasteiger partial charge in [0.15, 0.2) is 0 Å². The third-order valence-corrected chi connectivity index (χ3v) is 5.12. The lowest BCUT2D eigenvalue weighted by atomic mass is 10.1. The molecule has 0 bridgehead atoms. The van der Waals surface area contributed by atoms with Crippen LogP contribution in [-0.2, 0) is 0 Å². The number of benzene rings is 1. The maximum atomic E-state index is 10.6. The molecule has 118 valence electrons. The van der Waals surface area contributed by atoms with Gasteiger partial charge in [0.1, 0.15) is 14.8 Å². The number of thiocarbonyl (C=S) groups is 1. The second-order valence-electron chi connectivity index (χ2n) is 5.54. The third-order valence-electron chi connectivity index (χ3n) is 3.49. The zero-order valence-electron chi connectivity index (χ0n) is 13.0. The number of hydroxylamine groups is 1. The van der Waals surface area contributed by atoms with Crippen molar-refractivity contribution in [3.63, 3.8) is 0 Å². The first-order chi connectivity index (χ1) is 10.4. The van der Waals surface area contributed by atoms with Gasteiger partial charge in [0.05, 0.1) is 12.7 Å². The standard InChI is InChI=1S/C16H21N2O2S2/c1-5-10-17-14(16(2,3)22-15(17)21)18(19)11-12-8-6-7-9-13(12)20-4/h5-9,11,14,19H,1,10H2,2-4H3/q+1. The summed E-state index contributed by atoms with van der Waals surface area (Å²) in [4.78, 5) is 1.97. The highest BCUT2D eigenvalue weighted by Crippen LogP contribution is 2.41. The summed E-state index contributed by atoms with van der Waals surface area (Å²) >= 11 is 7.01. The molecule has 0 radical (unpaired) electrons. The Morgan fingerprint density at radius 2 is 2.18 bits per heavy atom. The fourth-order valence-corrected chi connectivity index (χ4v) is 4.47. The molecule has 0 saturated carbocycles. The molecular weight excluding hydrogens is 316 g/mol. The van der Waals surface area contributed by atoms with Crippen molar-refractivity contribution >= 4 is 34.5 Å². The van der Waals surface area contributed by atoms with E-state index in [4.69, 9.17) is 17.0 Å². The highest BCUT2D eigenvalue weighted by molar-refractivity contribution is 8.24. The van der Waals surface area contributed by atoms with E-state index in [1.165, 1.54) is 4.74 Å². The van der Waals surface area contributed by atoms with Crippen LogP contribution in [0, 0.1) is 0 Å². The van der Waals surface area contributed by atoms with Crippen molar-refractivity contribution in [2.24, 2.45) is 0 Å². The lowest BCUT2D eigenvalue weighted by Crippen LogP contribution is -2.48. The average Bonchev–Trinajstić information content (AvgIpc) is 2.69. The average molecular weight is 337 g/mol. The summed E-state index contributed by atoms with van der Waals surface area (Å²) in [6.07, 6.45) is 3.20. The van der Waals surface area contributed by atoms with Crippen LogP contribution in [-0.4, -0.2) is 49.9 Å². The monoisotopic (exact) mass is 337 g/mol. The predicted molar refractivity (Wildman–Crippen MR) is 95.2 cm³/mol. The number of hydrogen-bond acceptors (Lipinski definition) is 4. The molecule has 4 nitrogen and oxygen atoms in total. The molecule has 0 amide bonds. The van der Waals surface area contributed by atoms with Gasteiger partial charge in [-0.15, -0.1) is 6.58 Å².